The van der Waals surface area contributed by atoms with Gasteiger partial charge in [0.15, 0.2) is 0 Å². The van der Waals surface area contributed by atoms with Gasteiger partial charge in [-0.2, -0.15) is 4.99 Å². The second-order valence-corrected chi connectivity index (χ2v) is 4.46. The molecule has 0 saturated heterocycles. The Kier molecular flexibility index (Phi) is 5.45. The minimum atomic E-state index is 0.857. The van der Waals surface area contributed by atoms with Crippen LogP contribution in [0.1, 0.15) is 11.1 Å². The zero-order valence-corrected chi connectivity index (χ0v) is 11.5. The summed E-state index contributed by atoms with van der Waals surface area (Å²) in [6.45, 7) is 1.87. The minimum absolute atomic E-state index is 0.857. The van der Waals surface area contributed by atoms with E-state index in [9.17, 15) is 0 Å². The largest absolute Gasteiger partial charge is 0.312 e. The fourth-order valence-corrected chi connectivity index (χ4v) is 1.96. The van der Waals surface area contributed by atoms with Crippen LogP contribution < -0.4 is 5.32 Å². The van der Waals surface area contributed by atoms with Crippen molar-refractivity contribution in [2.24, 2.45) is 4.99 Å². The number of hydrogen-bond acceptors (Lipinski definition) is 3. The summed E-state index contributed by atoms with van der Waals surface area (Å²) < 4.78 is 0. The van der Waals surface area contributed by atoms with Crippen molar-refractivity contribution < 1.29 is 0 Å². The first-order valence-corrected chi connectivity index (χ1v) is 6.71. The summed E-state index contributed by atoms with van der Waals surface area (Å²) in [5, 5.41) is 5.81. The Bertz CT molecular complexity index is 543. The molecular formula is C16H16N2S. The Morgan fingerprint density at radius 3 is 2.37 bits per heavy atom. The first-order valence-electron chi connectivity index (χ1n) is 6.30. The van der Waals surface area contributed by atoms with Crippen LogP contribution in [0.2, 0.25) is 0 Å². The van der Waals surface area contributed by atoms with Crippen molar-refractivity contribution in [1.29, 1.82) is 0 Å². The normalized spacial score (nSPS) is 9.89. The first-order chi connectivity index (χ1) is 9.38. The number of nitrogens with zero attached hydrogens (tertiary/aromatic N) is 1. The van der Waals surface area contributed by atoms with E-state index < -0.39 is 0 Å². The third kappa shape index (κ3) is 4.76. The molecule has 19 heavy (non-hydrogen) atoms. The first kappa shape index (κ1) is 13.6. The Morgan fingerprint density at radius 1 is 0.947 bits per heavy atom. The maximum atomic E-state index is 4.57. The highest BCUT2D eigenvalue weighted by molar-refractivity contribution is 7.78. The van der Waals surface area contributed by atoms with E-state index in [4.69, 9.17) is 0 Å². The van der Waals surface area contributed by atoms with Crippen LogP contribution in [0.5, 0.6) is 0 Å². The van der Waals surface area contributed by atoms with Crippen molar-refractivity contribution in [3.63, 3.8) is 0 Å². The summed E-state index contributed by atoms with van der Waals surface area (Å²) in [6, 6.07) is 18.5. The molecule has 0 unspecified atom stereocenters. The summed E-state index contributed by atoms with van der Waals surface area (Å²) in [7, 11) is 0. The molecule has 2 nitrogen and oxygen atoms in total. The van der Waals surface area contributed by atoms with Crippen molar-refractivity contribution >= 4 is 23.1 Å². The quantitative estimate of drug-likeness (QED) is 0.490. The van der Waals surface area contributed by atoms with Gasteiger partial charge in [-0.05, 0) is 48.4 Å². The van der Waals surface area contributed by atoms with Gasteiger partial charge < -0.3 is 5.32 Å². The van der Waals surface area contributed by atoms with Gasteiger partial charge in [-0.3, -0.25) is 0 Å². The van der Waals surface area contributed by atoms with Gasteiger partial charge in [0.1, 0.15) is 0 Å². The molecule has 0 aliphatic heterocycles. The molecule has 0 saturated carbocycles. The van der Waals surface area contributed by atoms with Crippen LogP contribution >= 0.6 is 12.2 Å². The smallest absolute Gasteiger partial charge is 0.0739 e. The molecule has 0 radical (unpaired) electrons. The molecule has 0 heterocycles. The molecule has 96 valence electrons. The molecule has 0 atom stereocenters. The zero-order valence-electron chi connectivity index (χ0n) is 10.7. The molecule has 1 N–H and O–H groups in total. The predicted molar refractivity (Wildman–Crippen MR) is 83.0 cm³/mol. The predicted octanol–water partition coefficient (Wildman–Crippen LogP) is 3.75. The van der Waals surface area contributed by atoms with Gasteiger partial charge in [0.05, 0.1) is 10.8 Å². The highest BCUT2D eigenvalue weighted by Gasteiger charge is 1.95. The number of benzene rings is 2. The van der Waals surface area contributed by atoms with Crippen LogP contribution in [0, 0.1) is 0 Å². The maximum absolute atomic E-state index is 4.57. The van der Waals surface area contributed by atoms with Crippen molar-refractivity contribution in [3.05, 3.63) is 65.7 Å². The van der Waals surface area contributed by atoms with Crippen LogP contribution in [0.3, 0.4) is 0 Å². The van der Waals surface area contributed by atoms with Crippen LogP contribution in [0.4, 0.5) is 5.69 Å². The van der Waals surface area contributed by atoms with Gasteiger partial charge in [0, 0.05) is 6.54 Å². The lowest BCUT2D eigenvalue weighted by Crippen LogP contribution is -2.16. The van der Waals surface area contributed by atoms with Crippen molar-refractivity contribution in [2.75, 3.05) is 6.54 Å². The highest BCUT2D eigenvalue weighted by Crippen LogP contribution is 2.12. The molecule has 2 rings (SSSR count). The third-order valence-corrected chi connectivity index (χ3v) is 2.96. The fourth-order valence-electron chi connectivity index (χ4n) is 1.85. The number of thiocarbonyl (C=S) groups is 1. The second kappa shape index (κ2) is 7.59. The van der Waals surface area contributed by atoms with E-state index in [1.165, 1.54) is 11.1 Å². The summed E-state index contributed by atoms with van der Waals surface area (Å²) in [6.07, 6.45) is 1.01. The number of aliphatic imine (C=N–C) groups is 1. The van der Waals surface area contributed by atoms with E-state index in [1.807, 2.05) is 18.2 Å². The van der Waals surface area contributed by atoms with Crippen molar-refractivity contribution in [1.82, 2.24) is 5.32 Å². The van der Waals surface area contributed by atoms with Crippen LogP contribution in [0.25, 0.3) is 0 Å². The zero-order chi connectivity index (χ0) is 13.3. The second-order valence-electron chi connectivity index (χ2n) is 4.28. The third-order valence-electron chi connectivity index (χ3n) is 2.87. The minimum Gasteiger partial charge on any atom is -0.312 e. The molecule has 0 spiro atoms. The van der Waals surface area contributed by atoms with Gasteiger partial charge in [-0.15, -0.1) is 0 Å². The highest BCUT2D eigenvalue weighted by atomic mass is 32.1. The average Bonchev–Trinajstić information content (AvgIpc) is 2.47. The monoisotopic (exact) mass is 268 g/mol. The lowest BCUT2D eigenvalue weighted by molar-refractivity contribution is 0.687. The van der Waals surface area contributed by atoms with Crippen molar-refractivity contribution in [3.8, 4) is 0 Å². The molecular weight excluding hydrogens is 252 g/mol. The van der Waals surface area contributed by atoms with E-state index in [2.05, 4.69) is 64.1 Å². The van der Waals surface area contributed by atoms with Gasteiger partial charge >= 0.3 is 0 Å². The van der Waals surface area contributed by atoms with Gasteiger partial charge in [0.25, 0.3) is 0 Å². The summed E-state index contributed by atoms with van der Waals surface area (Å²) in [5.74, 6) is 0. The Morgan fingerprint density at radius 2 is 1.68 bits per heavy atom. The maximum Gasteiger partial charge on any atom is 0.0739 e. The molecule has 0 aliphatic rings. The van der Waals surface area contributed by atoms with Gasteiger partial charge in [0.2, 0.25) is 0 Å². The Hall–Kier alpha value is -1.80. The molecule has 0 fully saturated rings. The molecule has 0 aromatic heterocycles. The van der Waals surface area contributed by atoms with E-state index in [-0.39, 0.29) is 0 Å². The lowest BCUT2D eigenvalue weighted by Gasteiger charge is -2.05. The standard InChI is InChI=1S/C16H16N2S/c19-13-18-16-8-6-14(7-9-16)10-11-17-12-15-4-2-1-3-5-15/h1-9,17H,10-12H2. The van der Waals surface area contributed by atoms with E-state index >= 15 is 0 Å². The molecule has 3 heteroatoms. The number of isothiocyanates is 1. The topological polar surface area (TPSA) is 24.4 Å². The van der Waals surface area contributed by atoms with Gasteiger partial charge in [-0.1, -0.05) is 42.5 Å². The van der Waals surface area contributed by atoms with Gasteiger partial charge in [-0.25, -0.2) is 0 Å². The SMILES string of the molecule is S=C=Nc1ccc(CCNCc2ccccc2)cc1. The fraction of sp³-hybridized carbons (Fsp3) is 0.188. The molecule has 0 aliphatic carbocycles. The summed E-state index contributed by atoms with van der Waals surface area (Å²) in [4.78, 5) is 3.93. The molecule has 0 amide bonds. The van der Waals surface area contributed by atoms with E-state index in [0.717, 1.165) is 25.2 Å². The number of hydrogen-bond donors (Lipinski definition) is 1. The Labute approximate surface area is 119 Å². The number of nitrogens with one attached hydrogen (secondary N) is 1. The summed E-state index contributed by atoms with van der Waals surface area (Å²) >= 11 is 4.57. The summed E-state index contributed by atoms with van der Waals surface area (Å²) in [5.41, 5.74) is 3.47. The molecule has 0 bridgehead atoms. The molecule has 2 aromatic rings. The molecule has 2 aromatic carbocycles. The average molecular weight is 268 g/mol. The van der Waals surface area contributed by atoms with Crippen LogP contribution in [-0.4, -0.2) is 11.7 Å². The Balaban J connectivity index is 1.75. The number of rotatable bonds is 6. The lowest BCUT2D eigenvalue weighted by atomic mass is 10.1. The van der Waals surface area contributed by atoms with Crippen LogP contribution in [-0.2, 0) is 13.0 Å². The van der Waals surface area contributed by atoms with E-state index in [0.29, 0.717) is 0 Å². The van der Waals surface area contributed by atoms with Crippen molar-refractivity contribution in [2.45, 2.75) is 13.0 Å². The van der Waals surface area contributed by atoms with Crippen LogP contribution in [0.15, 0.2) is 59.6 Å². The van der Waals surface area contributed by atoms with E-state index in [1.54, 1.807) is 0 Å².